The van der Waals surface area contributed by atoms with Crippen molar-refractivity contribution < 1.29 is 9.53 Å². The summed E-state index contributed by atoms with van der Waals surface area (Å²) < 4.78 is 5.13. The highest BCUT2D eigenvalue weighted by Gasteiger charge is 2.10. The predicted octanol–water partition coefficient (Wildman–Crippen LogP) is 4.92. The quantitative estimate of drug-likeness (QED) is 0.506. The Balaban J connectivity index is 1.57. The molecule has 0 aliphatic carbocycles. The van der Waals surface area contributed by atoms with Crippen molar-refractivity contribution in [1.82, 2.24) is 9.97 Å². The fraction of sp³-hybridized carbons (Fsp3) is 0.0870. The fourth-order valence-electron chi connectivity index (χ4n) is 3.02. The maximum absolute atomic E-state index is 12.6. The Bertz CT molecular complexity index is 1140. The summed E-state index contributed by atoms with van der Waals surface area (Å²) in [4.78, 5) is 21.3. The largest absolute Gasteiger partial charge is 0.497 e. The molecule has 0 aliphatic heterocycles. The number of fused-ring (bicyclic) bond motifs is 1. The lowest BCUT2D eigenvalue weighted by molar-refractivity contribution is 0.103. The number of hydrogen-bond acceptors (Lipinski definition) is 5. The molecule has 1 aromatic heterocycles. The van der Waals surface area contributed by atoms with E-state index in [1.54, 1.807) is 37.7 Å². The Hall–Kier alpha value is -3.73. The van der Waals surface area contributed by atoms with Gasteiger partial charge in [0.2, 0.25) is 0 Å². The smallest absolute Gasteiger partial charge is 0.193 e. The summed E-state index contributed by atoms with van der Waals surface area (Å²) in [5, 5.41) is 4.28. The highest BCUT2D eigenvalue weighted by atomic mass is 16.5. The molecule has 5 nitrogen and oxygen atoms in total. The number of hydrogen-bond donors (Lipinski definition) is 1. The Morgan fingerprint density at radius 3 is 2.25 bits per heavy atom. The van der Waals surface area contributed by atoms with Gasteiger partial charge in [0.15, 0.2) is 5.78 Å². The summed E-state index contributed by atoms with van der Waals surface area (Å²) in [5.74, 6) is 1.43. The summed E-state index contributed by atoms with van der Waals surface area (Å²) in [6, 6.07) is 20.5. The number of ketones is 1. The first-order valence-corrected chi connectivity index (χ1v) is 8.91. The molecule has 0 saturated heterocycles. The third-order valence-electron chi connectivity index (χ3n) is 4.55. The van der Waals surface area contributed by atoms with Crippen LogP contribution in [0, 0.1) is 6.92 Å². The second-order valence-electron chi connectivity index (χ2n) is 6.50. The zero-order chi connectivity index (χ0) is 19.5. The van der Waals surface area contributed by atoms with Crippen LogP contribution in [-0.4, -0.2) is 22.9 Å². The molecule has 5 heteroatoms. The molecule has 0 unspecified atom stereocenters. The van der Waals surface area contributed by atoms with Gasteiger partial charge in [-0.3, -0.25) is 4.79 Å². The van der Waals surface area contributed by atoms with E-state index in [4.69, 9.17) is 4.74 Å². The molecule has 0 spiro atoms. The van der Waals surface area contributed by atoms with Crippen molar-refractivity contribution in [2.75, 3.05) is 12.4 Å². The first-order chi connectivity index (χ1) is 13.6. The number of anilines is 2. The third-order valence-corrected chi connectivity index (χ3v) is 4.55. The average molecular weight is 369 g/mol. The lowest BCUT2D eigenvalue weighted by atomic mass is 10.0. The summed E-state index contributed by atoms with van der Waals surface area (Å²) >= 11 is 0. The highest BCUT2D eigenvalue weighted by molar-refractivity contribution is 6.09. The van der Waals surface area contributed by atoms with Crippen LogP contribution in [0.25, 0.3) is 10.9 Å². The monoisotopic (exact) mass is 369 g/mol. The molecule has 0 atom stereocenters. The van der Waals surface area contributed by atoms with Crippen molar-refractivity contribution in [2.24, 2.45) is 0 Å². The molecule has 0 amide bonds. The molecule has 1 N–H and O–H groups in total. The van der Waals surface area contributed by atoms with Crippen molar-refractivity contribution in [3.63, 3.8) is 0 Å². The zero-order valence-corrected chi connectivity index (χ0v) is 15.6. The Kier molecular flexibility index (Phi) is 4.72. The van der Waals surface area contributed by atoms with E-state index < -0.39 is 0 Å². The van der Waals surface area contributed by atoms with Gasteiger partial charge in [0.05, 0.1) is 12.6 Å². The number of ether oxygens (including phenoxy) is 1. The van der Waals surface area contributed by atoms with Crippen LogP contribution in [0.2, 0.25) is 0 Å². The average Bonchev–Trinajstić information content (AvgIpc) is 2.74. The van der Waals surface area contributed by atoms with Crippen LogP contribution in [0.1, 0.15) is 21.5 Å². The molecular weight excluding hydrogens is 350 g/mol. The summed E-state index contributed by atoms with van der Waals surface area (Å²) in [7, 11) is 1.60. The van der Waals surface area contributed by atoms with E-state index in [2.05, 4.69) is 21.4 Å². The molecule has 28 heavy (non-hydrogen) atoms. The molecule has 138 valence electrons. The predicted molar refractivity (Wildman–Crippen MR) is 110 cm³/mol. The Morgan fingerprint density at radius 1 is 0.893 bits per heavy atom. The molecule has 0 bridgehead atoms. The summed E-state index contributed by atoms with van der Waals surface area (Å²) in [6.07, 6.45) is 1.54. The van der Waals surface area contributed by atoms with Gasteiger partial charge in [-0.25, -0.2) is 9.97 Å². The molecule has 3 aromatic carbocycles. The van der Waals surface area contributed by atoms with E-state index >= 15 is 0 Å². The fourth-order valence-corrected chi connectivity index (χ4v) is 3.02. The van der Waals surface area contributed by atoms with Gasteiger partial charge in [-0.2, -0.15) is 0 Å². The molecule has 1 heterocycles. The zero-order valence-electron chi connectivity index (χ0n) is 15.6. The van der Waals surface area contributed by atoms with Crippen molar-refractivity contribution in [3.8, 4) is 5.75 Å². The van der Waals surface area contributed by atoms with Gasteiger partial charge in [-0.1, -0.05) is 11.6 Å². The van der Waals surface area contributed by atoms with Gasteiger partial charge in [0.1, 0.15) is 17.9 Å². The number of aromatic nitrogens is 2. The van der Waals surface area contributed by atoms with Crippen molar-refractivity contribution in [1.29, 1.82) is 0 Å². The Labute approximate surface area is 163 Å². The van der Waals surface area contributed by atoms with Crippen LogP contribution >= 0.6 is 0 Å². The van der Waals surface area contributed by atoms with Crippen LogP contribution in [0.4, 0.5) is 11.5 Å². The van der Waals surface area contributed by atoms with Crippen LogP contribution < -0.4 is 10.1 Å². The van der Waals surface area contributed by atoms with E-state index in [-0.39, 0.29) is 5.78 Å². The second-order valence-corrected chi connectivity index (χ2v) is 6.50. The number of rotatable bonds is 5. The molecule has 4 rings (SSSR count). The van der Waals surface area contributed by atoms with Crippen molar-refractivity contribution >= 4 is 28.2 Å². The van der Waals surface area contributed by atoms with Crippen molar-refractivity contribution in [3.05, 3.63) is 89.7 Å². The normalized spacial score (nSPS) is 10.6. The SMILES string of the molecule is COc1ccc(C(=O)c2ccc(Nc3ncnc4ccc(C)cc34)cc2)cc1. The maximum Gasteiger partial charge on any atom is 0.193 e. The van der Waals surface area contributed by atoms with Gasteiger partial charge in [-0.15, -0.1) is 0 Å². The molecular formula is C23H19N3O2. The number of carbonyl (C=O) groups is 1. The molecule has 0 fully saturated rings. The topological polar surface area (TPSA) is 64.1 Å². The van der Waals surface area contributed by atoms with Gasteiger partial charge in [-0.05, 0) is 67.6 Å². The minimum atomic E-state index is -0.0303. The van der Waals surface area contributed by atoms with E-state index in [9.17, 15) is 4.79 Å². The van der Waals surface area contributed by atoms with E-state index in [0.29, 0.717) is 11.1 Å². The molecule has 4 aromatic rings. The third kappa shape index (κ3) is 3.55. The van der Waals surface area contributed by atoms with Gasteiger partial charge in [0.25, 0.3) is 0 Å². The summed E-state index contributed by atoms with van der Waals surface area (Å²) in [6.45, 7) is 2.04. The van der Waals surface area contributed by atoms with Gasteiger partial charge in [0, 0.05) is 22.2 Å². The summed E-state index contributed by atoms with van der Waals surface area (Å²) in [5.41, 5.74) is 4.13. The number of methoxy groups -OCH3 is 1. The maximum atomic E-state index is 12.6. The minimum Gasteiger partial charge on any atom is -0.497 e. The number of nitrogens with zero attached hydrogens (tertiary/aromatic N) is 2. The van der Waals surface area contributed by atoms with Crippen LogP contribution in [0.15, 0.2) is 73.1 Å². The number of carbonyl (C=O) groups excluding carboxylic acids is 1. The minimum absolute atomic E-state index is 0.0303. The standard InChI is InChI=1S/C23H19N3O2/c1-15-3-12-21-20(13-15)23(25-14-24-21)26-18-8-4-16(5-9-18)22(27)17-6-10-19(28-2)11-7-17/h3-14H,1-2H3,(H,24,25,26). The first-order valence-electron chi connectivity index (χ1n) is 8.91. The molecule has 0 radical (unpaired) electrons. The van der Waals surface area contributed by atoms with Crippen LogP contribution in [-0.2, 0) is 0 Å². The molecule has 0 saturated carbocycles. The lowest BCUT2D eigenvalue weighted by Gasteiger charge is -2.09. The van der Waals surface area contributed by atoms with Crippen LogP contribution in [0.5, 0.6) is 5.75 Å². The van der Waals surface area contributed by atoms with Crippen molar-refractivity contribution in [2.45, 2.75) is 6.92 Å². The van der Waals surface area contributed by atoms with E-state index in [0.717, 1.165) is 33.7 Å². The second kappa shape index (κ2) is 7.48. The molecule has 0 aliphatic rings. The first kappa shape index (κ1) is 17.7. The van der Waals surface area contributed by atoms with Crippen LogP contribution in [0.3, 0.4) is 0 Å². The van der Waals surface area contributed by atoms with E-state index in [1.807, 2.05) is 43.3 Å². The number of benzene rings is 3. The Morgan fingerprint density at radius 2 is 1.57 bits per heavy atom. The lowest BCUT2D eigenvalue weighted by Crippen LogP contribution is -2.02. The number of nitrogens with one attached hydrogen (secondary N) is 1. The van der Waals surface area contributed by atoms with E-state index in [1.165, 1.54) is 0 Å². The number of aryl methyl sites for hydroxylation is 1. The van der Waals surface area contributed by atoms with Gasteiger partial charge >= 0.3 is 0 Å². The van der Waals surface area contributed by atoms with Gasteiger partial charge < -0.3 is 10.1 Å². The highest BCUT2D eigenvalue weighted by Crippen LogP contribution is 2.24.